The molecule has 0 saturated carbocycles. The zero-order valence-electron chi connectivity index (χ0n) is 8.92. The van der Waals surface area contributed by atoms with Gasteiger partial charge < -0.3 is 10.4 Å². The smallest absolute Gasteiger partial charge is 0.142 e. The van der Waals surface area contributed by atoms with Crippen LogP contribution in [0.1, 0.15) is 30.9 Å². The molecule has 2 N–H and O–H groups in total. The molecule has 1 aromatic rings. The van der Waals surface area contributed by atoms with Crippen molar-refractivity contribution in [1.82, 2.24) is 5.32 Å². The molecule has 0 aliphatic carbocycles. The number of piperidine rings is 1. The number of nitrogens with one attached hydrogen (secondary N) is 1. The van der Waals surface area contributed by atoms with E-state index < -0.39 is 11.9 Å². The van der Waals surface area contributed by atoms with Crippen LogP contribution in [0.3, 0.4) is 0 Å². The number of benzene rings is 1. The minimum absolute atomic E-state index is 0.0225. The van der Waals surface area contributed by atoms with Gasteiger partial charge in [-0.05, 0) is 37.1 Å². The van der Waals surface area contributed by atoms with E-state index in [4.69, 9.17) is 11.6 Å². The molecule has 4 heteroatoms. The monoisotopic (exact) mass is 243 g/mol. The van der Waals surface area contributed by atoms with E-state index in [1.54, 1.807) is 6.07 Å². The first-order valence-corrected chi connectivity index (χ1v) is 5.92. The first kappa shape index (κ1) is 11.8. The van der Waals surface area contributed by atoms with Crippen LogP contribution >= 0.6 is 11.6 Å². The standard InChI is InChI=1S/C12H15ClFNO/c13-9-5-4-8(7-10(9)14)12(16)11-3-1-2-6-15-11/h4-5,7,11-12,15-16H,1-3,6H2. The summed E-state index contributed by atoms with van der Waals surface area (Å²) in [5.41, 5.74) is 0.585. The number of halogens is 2. The highest BCUT2D eigenvalue weighted by molar-refractivity contribution is 6.30. The van der Waals surface area contributed by atoms with E-state index in [1.165, 1.54) is 12.1 Å². The van der Waals surface area contributed by atoms with Gasteiger partial charge in [0.2, 0.25) is 0 Å². The Bertz CT molecular complexity index is 366. The summed E-state index contributed by atoms with van der Waals surface area (Å²) in [6.07, 6.45) is 2.50. The summed E-state index contributed by atoms with van der Waals surface area (Å²) in [4.78, 5) is 0. The molecule has 1 heterocycles. The fourth-order valence-electron chi connectivity index (χ4n) is 2.08. The maximum atomic E-state index is 13.2. The second-order valence-electron chi connectivity index (χ2n) is 4.17. The lowest BCUT2D eigenvalue weighted by Crippen LogP contribution is -2.38. The van der Waals surface area contributed by atoms with Crippen LogP contribution in [-0.4, -0.2) is 17.7 Å². The number of aliphatic hydroxyl groups is 1. The molecule has 2 atom stereocenters. The minimum Gasteiger partial charge on any atom is -0.387 e. The molecular weight excluding hydrogens is 229 g/mol. The van der Waals surface area contributed by atoms with Gasteiger partial charge in [0.05, 0.1) is 11.1 Å². The van der Waals surface area contributed by atoms with Gasteiger partial charge >= 0.3 is 0 Å². The highest BCUT2D eigenvalue weighted by Crippen LogP contribution is 2.25. The highest BCUT2D eigenvalue weighted by Gasteiger charge is 2.23. The SMILES string of the molecule is OC(c1ccc(Cl)c(F)c1)C1CCCCN1. The lowest BCUT2D eigenvalue weighted by molar-refractivity contribution is 0.113. The van der Waals surface area contributed by atoms with Crippen LogP contribution in [0.15, 0.2) is 18.2 Å². The van der Waals surface area contributed by atoms with Crippen molar-refractivity contribution in [2.24, 2.45) is 0 Å². The summed E-state index contributed by atoms with van der Waals surface area (Å²) in [5, 5.41) is 13.4. The fraction of sp³-hybridized carbons (Fsp3) is 0.500. The first-order chi connectivity index (χ1) is 7.68. The molecule has 1 aliphatic heterocycles. The predicted molar refractivity (Wildman–Crippen MR) is 62.0 cm³/mol. The van der Waals surface area contributed by atoms with Crippen LogP contribution in [0.5, 0.6) is 0 Å². The van der Waals surface area contributed by atoms with Crippen LogP contribution in [0.25, 0.3) is 0 Å². The Kier molecular flexibility index (Phi) is 3.79. The zero-order valence-corrected chi connectivity index (χ0v) is 9.67. The number of rotatable bonds is 2. The molecule has 88 valence electrons. The van der Waals surface area contributed by atoms with Gasteiger partial charge in [0, 0.05) is 6.04 Å². The third kappa shape index (κ3) is 2.54. The molecule has 2 rings (SSSR count). The van der Waals surface area contributed by atoms with Crippen LogP contribution in [0.2, 0.25) is 5.02 Å². The molecule has 0 amide bonds. The topological polar surface area (TPSA) is 32.3 Å². The Morgan fingerprint density at radius 3 is 2.88 bits per heavy atom. The van der Waals surface area contributed by atoms with Crippen molar-refractivity contribution in [3.05, 3.63) is 34.6 Å². The van der Waals surface area contributed by atoms with Crippen molar-refractivity contribution in [1.29, 1.82) is 0 Å². The fourth-order valence-corrected chi connectivity index (χ4v) is 2.19. The summed E-state index contributed by atoms with van der Waals surface area (Å²) in [5.74, 6) is -0.478. The van der Waals surface area contributed by atoms with Crippen molar-refractivity contribution in [2.45, 2.75) is 31.4 Å². The number of hydrogen-bond donors (Lipinski definition) is 2. The normalized spacial score (nSPS) is 23.1. The van der Waals surface area contributed by atoms with Crippen molar-refractivity contribution < 1.29 is 9.50 Å². The van der Waals surface area contributed by atoms with E-state index in [0.29, 0.717) is 5.56 Å². The quantitative estimate of drug-likeness (QED) is 0.837. The van der Waals surface area contributed by atoms with Gasteiger partial charge in [0.25, 0.3) is 0 Å². The summed E-state index contributed by atoms with van der Waals surface area (Å²) < 4.78 is 13.2. The van der Waals surface area contributed by atoms with Crippen LogP contribution in [0.4, 0.5) is 4.39 Å². The predicted octanol–water partition coefficient (Wildman–Crippen LogP) is 2.65. The highest BCUT2D eigenvalue weighted by atomic mass is 35.5. The summed E-state index contributed by atoms with van der Waals surface area (Å²) in [7, 11) is 0. The van der Waals surface area contributed by atoms with Gasteiger partial charge in [-0.1, -0.05) is 24.1 Å². The summed E-state index contributed by atoms with van der Waals surface area (Å²) in [6, 6.07) is 4.49. The van der Waals surface area contributed by atoms with Crippen molar-refractivity contribution >= 4 is 11.6 Å². The van der Waals surface area contributed by atoms with Crippen LogP contribution < -0.4 is 5.32 Å². The maximum absolute atomic E-state index is 13.2. The lowest BCUT2D eigenvalue weighted by Gasteiger charge is -2.28. The van der Waals surface area contributed by atoms with E-state index in [1.807, 2.05) is 0 Å². The molecule has 16 heavy (non-hydrogen) atoms. The largest absolute Gasteiger partial charge is 0.387 e. The van der Waals surface area contributed by atoms with Gasteiger partial charge in [0.1, 0.15) is 5.82 Å². The van der Waals surface area contributed by atoms with E-state index in [-0.39, 0.29) is 11.1 Å². The molecule has 1 saturated heterocycles. The first-order valence-electron chi connectivity index (χ1n) is 5.55. The van der Waals surface area contributed by atoms with Crippen LogP contribution in [0, 0.1) is 5.82 Å². The van der Waals surface area contributed by atoms with Gasteiger partial charge in [-0.25, -0.2) is 4.39 Å². The molecule has 0 aromatic heterocycles. The van der Waals surface area contributed by atoms with Gasteiger partial charge in [-0.15, -0.1) is 0 Å². The van der Waals surface area contributed by atoms with Crippen molar-refractivity contribution in [3.63, 3.8) is 0 Å². The van der Waals surface area contributed by atoms with Gasteiger partial charge in [-0.3, -0.25) is 0 Å². The third-order valence-electron chi connectivity index (χ3n) is 3.01. The average molecular weight is 244 g/mol. The second kappa shape index (κ2) is 5.13. The molecule has 1 fully saturated rings. The second-order valence-corrected chi connectivity index (χ2v) is 4.58. The Hall–Kier alpha value is -0.640. The Morgan fingerprint density at radius 2 is 2.25 bits per heavy atom. The molecular formula is C12H15ClFNO. The molecule has 2 unspecified atom stereocenters. The van der Waals surface area contributed by atoms with E-state index >= 15 is 0 Å². The van der Waals surface area contributed by atoms with Crippen molar-refractivity contribution in [2.75, 3.05) is 6.54 Å². The number of aliphatic hydroxyl groups excluding tert-OH is 1. The van der Waals surface area contributed by atoms with Crippen molar-refractivity contribution in [3.8, 4) is 0 Å². The maximum Gasteiger partial charge on any atom is 0.142 e. The molecule has 2 nitrogen and oxygen atoms in total. The summed E-state index contributed by atoms with van der Waals surface area (Å²) >= 11 is 5.60. The van der Waals surface area contributed by atoms with Crippen LogP contribution in [-0.2, 0) is 0 Å². The Labute approximate surface area is 99.4 Å². The molecule has 0 spiro atoms. The van der Waals surface area contributed by atoms with E-state index in [0.717, 1.165) is 25.8 Å². The minimum atomic E-state index is -0.660. The van der Waals surface area contributed by atoms with Gasteiger partial charge in [0.15, 0.2) is 0 Å². The van der Waals surface area contributed by atoms with E-state index in [9.17, 15) is 9.50 Å². The molecule has 1 aromatic carbocycles. The van der Waals surface area contributed by atoms with Gasteiger partial charge in [-0.2, -0.15) is 0 Å². The average Bonchev–Trinajstić information content (AvgIpc) is 2.33. The zero-order chi connectivity index (χ0) is 11.5. The Morgan fingerprint density at radius 1 is 1.44 bits per heavy atom. The number of hydrogen-bond acceptors (Lipinski definition) is 2. The molecule has 0 bridgehead atoms. The van der Waals surface area contributed by atoms with E-state index in [2.05, 4.69) is 5.32 Å². The summed E-state index contributed by atoms with van der Waals surface area (Å²) in [6.45, 7) is 0.914. The molecule has 0 radical (unpaired) electrons. The molecule has 1 aliphatic rings. The third-order valence-corrected chi connectivity index (χ3v) is 3.32. The Balaban J connectivity index is 2.12. The lowest BCUT2D eigenvalue weighted by atomic mass is 9.95.